The Morgan fingerprint density at radius 1 is 1.52 bits per heavy atom. The summed E-state index contributed by atoms with van der Waals surface area (Å²) in [6, 6.07) is -0.00573. The van der Waals surface area contributed by atoms with Gasteiger partial charge in [0, 0.05) is 38.3 Å². The number of hydrogen-bond acceptors (Lipinski definition) is 3. The van der Waals surface area contributed by atoms with Crippen LogP contribution in [0.5, 0.6) is 0 Å². The van der Waals surface area contributed by atoms with Gasteiger partial charge in [0.25, 0.3) is 0 Å². The summed E-state index contributed by atoms with van der Waals surface area (Å²) in [7, 11) is 1.81. The number of nitrogens with one attached hydrogen (secondary N) is 1. The Morgan fingerprint density at radius 3 is 2.90 bits per heavy atom. The summed E-state index contributed by atoms with van der Waals surface area (Å²) in [5.41, 5.74) is 0.978. The molecule has 1 saturated heterocycles. The van der Waals surface area contributed by atoms with Crippen LogP contribution in [0.2, 0.25) is 0 Å². The van der Waals surface area contributed by atoms with Crippen molar-refractivity contribution in [1.82, 2.24) is 20.0 Å². The van der Waals surface area contributed by atoms with Crippen LogP contribution in [0.3, 0.4) is 0 Å². The number of rotatable bonds is 5. The number of amides is 1. The second-order valence-electron chi connectivity index (χ2n) is 5.23. The van der Waals surface area contributed by atoms with Crippen LogP contribution in [0.1, 0.15) is 30.9 Å². The maximum absolute atomic E-state index is 12.1. The maximum atomic E-state index is 12.1. The van der Waals surface area contributed by atoms with Crippen LogP contribution in [0, 0.1) is 0 Å². The summed E-state index contributed by atoms with van der Waals surface area (Å²) in [5, 5.41) is 6.35. The zero-order valence-electron chi connectivity index (χ0n) is 11.9. The first-order valence-corrected chi connectivity index (χ1v) is 6.92. The Kier molecular flexibility index (Phi) is 4.87. The van der Waals surface area contributed by atoms with Crippen molar-refractivity contribution in [3.05, 3.63) is 18.0 Å². The fourth-order valence-corrected chi connectivity index (χ4v) is 2.59. The minimum absolute atomic E-state index is 0.00573. The van der Waals surface area contributed by atoms with E-state index in [1.54, 1.807) is 15.8 Å². The molecule has 1 aromatic rings. The second-order valence-corrected chi connectivity index (χ2v) is 5.23. The van der Waals surface area contributed by atoms with Gasteiger partial charge in [0.15, 0.2) is 0 Å². The average molecular weight is 304 g/mol. The minimum atomic E-state index is -4.24. The molecule has 1 amide bonds. The number of likely N-dealkylation sites (tertiary alicyclic amines) is 1. The highest BCUT2D eigenvalue weighted by Gasteiger charge is 2.31. The number of carbonyl (C=O) groups excluding carboxylic acids is 1. The number of aryl methyl sites for hydroxylation is 1. The highest BCUT2D eigenvalue weighted by Crippen LogP contribution is 2.31. The molecule has 1 aromatic heterocycles. The van der Waals surface area contributed by atoms with E-state index in [0.717, 1.165) is 18.4 Å². The van der Waals surface area contributed by atoms with Gasteiger partial charge in [-0.05, 0) is 12.8 Å². The molecular weight excluding hydrogens is 285 g/mol. The van der Waals surface area contributed by atoms with Crippen molar-refractivity contribution in [3.63, 3.8) is 0 Å². The number of hydrogen-bond donors (Lipinski definition) is 1. The third-order valence-corrected chi connectivity index (χ3v) is 3.52. The van der Waals surface area contributed by atoms with Gasteiger partial charge in [-0.2, -0.15) is 18.3 Å². The summed E-state index contributed by atoms with van der Waals surface area (Å²) in [6.07, 6.45) is 1.22. The predicted octanol–water partition coefficient (Wildman–Crippen LogP) is 1.63. The van der Waals surface area contributed by atoms with Crippen LogP contribution in [0.25, 0.3) is 0 Å². The van der Waals surface area contributed by atoms with E-state index in [0.29, 0.717) is 6.54 Å². The fourth-order valence-electron chi connectivity index (χ4n) is 2.59. The lowest BCUT2D eigenvalue weighted by Gasteiger charge is -2.24. The molecule has 8 heteroatoms. The molecule has 1 aliphatic rings. The number of alkyl halides is 3. The van der Waals surface area contributed by atoms with Crippen LogP contribution in [-0.2, 0) is 11.8 Å². The van der Waals surface area contributed by atoms with Crippen molar-refractivity contribution >= 4 is 5.91 Å². The average Bonchev–Trinajstić information content (AvgIpc) is 3.01. The number of carbonyl (C=O) groups is 1. The van der Waals surface area contributed by atoms with Crippen LogP contribution in [0.15, 0.2) is 12.4 Å². The van der Waals surface area contributed by atoms with Crippen LogP contribution in [-0.4, -0.2) is 46.4 Å². The van der Waals surface area contributed by atoms with Crippen molar-refractivity contribution in [2.24, 2.45) is 7.05 Å². The largest absolute Gasteiger partial charge is 0.401 e. The quantitative estimate of drug-likeness (QED) is 0.841. The Hall–Kier alpha value is -1.57. The Morgan fingerprint density at radius 2 is 2.29 bits per heavy atom. The smallest absolute Gasteiger partial charge is 0.335 e. The second kappa shape index (κ2) is 6.46. The molecule has 0 aromatic carbocycles. The van der Waals surface area contributed by atoms with Gasteiger partial charge in [-0.1, -0.05) is 0 Å². The van der Waals surface area contributed by atoms with Gasteiger partial charge in [-0.3, -0.25) is 9.48 Å². The lowest BCUT2D eigenvalue weighted by Crippen LogP contribution is -2.35. The maximum Gasteiger partial charge on any atom is 0.401 e. The van der Waals surface area contributed by atoms with Gasteiger partial charge in [-0.25, -0.2) is 0 Å². The normalized spacial score (nSPS) is 19.2. The van der Waals surface area contributed by atoms with Gasteiger partial charge < -0.3 is 10.2 Å². The summed E-state index contributed by atoms with van der Waals surface area (Å²) < 4.78 is 37.7. The zero-order valence-corrected chi connectivity index (χ0v) is 11.9. The van der Waals surface area contributed by atoms with Crippen molar-refractivity contribution in [2.45, 2.75) is 31.5 Å². The molecule has 5 nitrogen and oxygen atoms in total. The molecule has 0 radical (unpaired) electrons. The standard InChI is InChI=1S/C13H19F3N4O/c1-19-8-10(7-18-19)11-3-2-6-20(11)12(21)4-5-17-9-13(14,15)16/h7-8,11,17H,2-6,9H2,1H3/t11-/m1/s1. The molecule has 1 aliphatic heterocycles. The molecule has 0 spiro atoms. The molecule has 118 valence electrons. The number of halogens is 3. The van der Waals surface area contributed by atoms with E-state index in [1.165, 1.54) is 0 Å². The highest BCUT2D eigenvalue weighted by atomic mass is 19.4. The Bertz CT molecular complexity index is 486. The SMILES string of the molecule is Cn1cc([C@H]2CCCN2C(=O)CCNCC(F)(F)F)cn1. The van der Waals surface area contributed by atoms with Gasteiger partial charge in [0.05, 0.1) is 18.8 Å². The summed E-state index contributed by atoms with van der Waals surface area (Å²) in [4.78, 5) is 13.9. The Balaban J connectivity index is 1.84. The molecule has 0 unspecified atom stereocenters. The fraction of sp³-hybridized carbons (Fsp3) is 0.692. The molecule has 21 heavy (non-hydrogen) atoms. The molecular formula is C13H19F3N4O. The molecule has 1 atom stereocenters. The van der Waals surface area contributed by atoms with Crippen molar-refractivity contribution in [3.8, 4) is 0 Å². The molecule has 1 N–H and O–H groups in total. The zero-order chi connectivity index (χ0) is 15.5. The van der Waals surface area contributed by atoms with Gasteiger partial charge in [-0.15, -0.1) is 0 Å². The van der Waals surface area contributed by atoms with Crippen molar-refractivity contribution in [1.29, 1.82) is 0 Å². The minimum Gasteiger partial charge on any atom is -0.335 e. The van der Waals surface area contributed by atoms with Crippen LogP contribution < -0.4 is 5.32 Å². The van der Waals surface area contributed by atoms with E-state index in [-0.39, 0.29) is 24.9 Å². The lowest BCUT2D eigenvalue weighted by atomic mass is 10.1. The first-order valence-electron chi connectivity index (χ1n) is 6.92. The van der Waals surface area contributed by atoms with Gasteiger partial charge in [0.2, 0.25) is 5.91 Å². The van der Waals surface area contributed by atoms with Crippen LogP contribution in [0.4, 0.5) is 13.2 Å². The topological polar surface area (TPSA) is 50.2 Å². The number of aromatic nitrogens is 2. The van der Waals surface area contributed by atoms with E-state index in [4.69, 9.17) is 0 Å². The van der Waals surface area contributed by atoms with E-state index in [2.05, 4.69) is 10.4 Å². The van der Waals surface area contributed by atoms with Crippen molar-refractivity contribution in [2.75, 3.05) is 19.6 Å². The van der Waals surface area contributed by atoms with E-state index >= 15 is 0 Å². The van der Waals surface area contributed by atoms with E-state index in [9.17, 15) is 18.0 Å². The molecule has 2 rings (SSSR count). The third kappa shape index (κ3) is 4.45. The van der Waals surface area contributed by atoms with Gasteiger partial charge >= 0.3 is 6.18 Å². The first-order chi connectivity index (χ1) is 9.87. The van der Waals surface area contributed by atoms with Crippen LogP contribution >= 0.6 is 0 Å². The summed E-state index contributed by atoms with van der Waals surface area (Å²) >= 11 is 0. The summed E-state index contributed by atoms with van der Waals surface area (Å²) in [5.74, 6) is -0.115. The third-order valence-electron chi connectivity index (χ3n) is 3.52. The molecule has 2 heterocycles. The number of nitrogens with zero attached hydrogens (tertiary/aromatic N) is 3. The first kappa shape index (κ1) is 15.8. The monoisotopic (exact) mass is 304 g/mol. The van der Waals surface area contributed by atoms with E-state index < -0.39 is 12.7 Å². The molecule has 0 aliphatic carbocycles. The van der Waals surface area contributed by atoms with Gasteiger partial charge in [0.1, 0.15) is 0 Å². The molecule has 0 bridgehead atoms. The molecule has 1 fully saturated rings. The van der Waals surface area contributed by atoms with E-state index in [1.807, 2.05) is 13.2 Å². The lowest BCUT2D eigenvalue weighted by molar-refractivity contribution is -0.133. The predicted molar refractivity (Wildman–Crippen MR) is 70.4 cm³/mol. The van der Waals surface area contributed by atoms with Crippen molar-refractivity contribution < 1.29 is 18.0 Å². The molecule has 0 saturated carbocycles. The Labute approximate surface area is 121 Å². The highest BCUT2D eigenvalue weighted by molar-refractivity contribution is 5.77. The summed E-state index contributed by atoms with van der Waals surface area (Å²) in [6.45, 7) is -0.376.